The third-order valence-electron chi connectivity index (χ3n) is 8.69. The molecule has 2 heterocycles. The fourth-order valence-corrected chi connectivity index (χ4v) is 6.32. The molecule has 0 spiro atoms. The summed E-state index contributed by atoms with van der Waals surface area (Å²) in [6.45, 7) is 16.9. The van der Waals surface area contributed by atoms with E-state index in [2.05, 4.69) is 70.2 Å². The third-order valence-corrected chi connectivity index (χ3v) is 8.69. The summed E-state index contributed by atoms with van der Waals surface area (Å²) in [5.41, 5.74) is 17.0. The number of anilines is 1. The van der Waals surface area contributed by atoms with Crippen LogP contribution < -0.4 is 16.5 Å². The van der Waals surface area contributed by atoms with E-state index >= 15 is 0 Å². The Hall–Kier alpha value is -3.19. The van der Waals surface area contributed by atoms with Crippen LogP contribution in [0.25, 0.3) is 0 Å². The highest BCUT2D eigenvalue weighted by Gasteiger charge is 2.51. The smallest absolute Gasteiger partial charge is 0.248 e. The molecule has 1 amide bonds. The first-order valence-electron chi connectivity index (χ1n) is 14.9. The van der Waals surface area contributed by atoms with Gasteiger partial charge in [-0.1, -0.05) is 74.1 Å². The molecule has 5 atom stereocenters. The largest absolute Gasteiger partial charge is 0.371 e. The lowest BCUT2D eigenvalue weighted by atomic mass is 9.72. The van der Waals surface area contributed by atoms with Crippen LogP contribution in [0, 0.1) is 5.41 Å². The Kier molecular flexibility index (Phi) is 9.90. The minimum absolute atomic E-state index is 0.0680. The number of carbonyl (C=O) groups excluding carboxylic acids is 1. The summed E-state index contributed by atoms with van der Waals surface area (Å²) < 4.78 is 6.26. The summed E-state index contributed by atoms with van der Waals surface area (Å²) >= 11 is 0. The molecule has 5 unspecified atom stereocenters. The van der Waals surface area contributed by atoms with Crippen molar-refractivity contribution in [3.63, 3.8) is 0 Å². The van der Waals surface area contributed by atoms with E-state index in [0.29, 0.717) is 0 Å². The number of fused-ring (bicyclic) bond motifs is 1. The van der Waals surface area contributed by atoms with Gasteiger partial charge in [0.2, 0.25) is 5.91 Å². The van der Waals surface area contributed by atoms with Crippen molar-refractivity contribution in [1.29, 1.82) is 0 Å². The van der Waals surface area contributed by atoms with Crippen molar-refractivity contribution in [2.75, 3.05) is 5.32 Å². The van der Waals surface area contributed by atoms with Crippen LogP contribution in [0.2, 0.25) is 0 Å². The van der Waals surface area contributed by atoms with Crippen molar-refractivity contribution in [3.05, 3.63) is 101 Å². The number of allylic oxidation sites excluding steroid dienone is 9. The van der Waals surface area contributed by atoms with E-state index in [1.807, 2.05) is 48.4 Å². The fraction of sp³-hybridized carbons (Fsp3) is 0.457. The zero-order chi connectivity index (χ0) is 29.7. The molecule has 3 aliphatic rings. The van der Waals surface area contributed by atoms with Crippen LogP contribution in [0.4, 0.5) is 5.69 Å². The Morgan fingerprint density at radius 2 is 1.95 bits per heavy atom. The Bertz CT molecular complexity index is 1270. The summed E-state index contributed by atoms with van der Waals surface area (Å²) in [7, 11) is 0. The average Bonchev–Trinajstić information content (AvgIpc) is 2.87. The van der Waals surface area contributed by atoms with Gasteiger partial charge in [-0.3, -0.25) is 4.79 Å². The maximum Gasteiger partial charge on any atom is 0.248 e. The van der Waals surface area contributed by atoms with E-state index in [-0.39, 0.29) is 41.7 Å². The van der Waals surface area contributed by atoms with Gasteiger partial charge in [-0.2, -0.15) is 0 Å². The van der Waals surface area contributed by atoms with Crippen molar-refractivity contribution in [2.45, 2.75) is 97.6 Å². The Morgan fingerprint density at radius 1 is 1.22 bits per heavy atom. The second-order valence-electron chi connectivity index (χ2n) is 12.5. The fourth-order valence-electron chi connectivity index (χ4n) is 6.32. The number of nitrogens with zero attached hydrogens (tertiary/aromatic N) is 1. The number of hydrogen-bond acceptors (Lipinski definition) is 5. The summed E-state index contributed by atoms with van der Waals surface area (Å²) in [5, 5.41) is 4.93. The molecule has 6 nitrogen and oxygen atoms in total. The number of benzene rings is 1. The zero-order valence-corrected chi connectivity index (χ0v) is 25.6. The van der Waals surface area contributed by atoms with Crippen LogP contribution in [-0.2, 0) is 16.0 Å². The molecule has 1 aliphatic carbocycles. The molecular weight excluding hydrogens is 508 g/mol. The standard InChI is InChI=1S/C35H48N4O2/c1-8-39-34-26(5)41-30(32(36)33(34)38-39)22-27-15-17-28(18-16-27)37-31(40)21-24(3)12-9-11-23(2)14-19-29-25(4)13-10-20-35(29,6)7/h8-9,11-12,14-19,21,26,30,32-34,38H,1,10,13,20,22,36H2,2-7H3,(H,37,40)/b12-9+,19-14+,23-11+,24-21+. The summed E-state index contributed by atoms with van der Waals surface area (Å²) in [5.74, 6) is -0.150. The third kappa shape index (κ3) is 7.56. The van der Waals surface area contributed by atoms with Crippen molar-refractivity contribution < 1.29 is 9.53 Å². The molecule has 2 aliphatic heterocycles. The number of rotatable bonds is 9. The molecule has 1 aromatic carbocycles. The summed E-state index contributed by atoms with van der Waals surface area (Å²) in [6, 6.07) is 8.21. The summed E-state index contributed by atoms with van der Waals surface area (Å²) in [4.78, 5) is 12.6. The average molecular weight is 557 g/mol. The van der Waals surface area contributed by atoms with Gasteiger partial charge in [0, 0.05) is 24.4 Å². The molecule has 0 bridgehead atoms. The first-order chi connectivity index (χ1) is 19.5. The predicted molar refractivity (Wildman–Crippen MR) is 170 cm³/mol. The molecule has 2 fully saturated rings. The van der Waals surface area contributed by atoms with Gasteiger partial charge in [0.25, 0.3) is 0 Å². The molecule has 220 valence electrons. The van der Waals surface area contributed by atoms with Crippen LogP contribution in [0.15, 0.2) is 95.8 Å². The van der Waals surface area contributed by atoms with E-state index in [1.54, 1.807) is 12.3 Å². The molecule has 41 heavy (non-hydrogen) atoms. The van der Waals surface area contributed by atoms with Gasteiger partial charge in [0.15, 0.2) is 0 Å². The molecule has 4 N–H and O–H groups in total. The van der Waals surface area contributed by atoms with Crippen LogP contribution >= 0.6 is 0 Å². The Morgan fingerprint density at radius 3 is 2.63 bits per heavy atom. The molecule has 0 radical (unpaired) electrons. The predicted octanol–water partition coefficient (Wildman–Crippen LogP) is 6.51. The van der Waals surface area contributed by atoms with E-state index in [0.717, 1.165) is 23.2 Å². The van der Waals surface area contributed by atoms with E-state index in [9.17, 15) is 4.79 Å². The normalized spacial score (nSPS) is 28.6. The van der Waals surface area contributed by atoms with Crippen LogP contribution in [0.3, 0.4) is 0 Å². The van der Waals surface area contributed by atoms with E-state index < -0.39 is 0 Å². The molecule has 1 aromatic rings. The SMILES string of the molecule is C=CN1NC2C(N)C(Cc3ccc(NC(=O)/C=C(C)/C=C/C=C(C)/C=C/C4=C(C)CCCC4(C)C)cc3)OC(C)C21. The Labute approximate surface area is 246 Å². The quantitative estimate of drug-likeness (QED) is 0.239. The van der Waals surface area contributed by atoms with Crippen LogP contribution in [0.5, 0.6) is 0 Å². The lowest BCUT2D eigenvalue weighted by Crippen LogP contribution is -2.80. The molecule has 2 saturated heterocycles. The van der Waals surface area contributed by atoms with E-state index in [4.69, 9.17) is 10.5 Å². The van der Waals surface area contributed by atoms with Gasteiger partial charge in [0.05, 0.1) is 30.3 Å². The van der Waals surface area contributed by atoms with Crippen LogP contribution in [-0.4, -0.2) is 41.2 Å². The van der Waals surface area contributed by atoms with E-state index in [1.165, 1.54) is 36.0 Å². The lowest BCUT2D eigenvalue weighted by molar-refractivity contribution is -0.170. The maximum atomic E-state index is 12.6. The first kappa shape index (κ1) is 30.8. The second kappa shape index (κ2) is 13.2. The van der Waals surface area contributed by atoms with Gasteiger partial charge >= 0.3 is 0 Å². The summed E-state index contributed by atoms with van der Waals surface area (Å²) in [6.07, 6.45) is 18.3. The topological polar surface area (TPSA) is 79.6 Å². The number of ether oxygens (including phenoxy) is 1. The Balaban J connectivity index is 1.27. The minimum atomic E-state index is -0.150. The lowest BCUT2D eigenvalue weighted by Gasteiger charge is -2.57. The van der Waals surface area contributed by atoms with Crippen molar-refractivity contribution >= 4 is 11.6 Å². The highest BCUT2D eigenvalue weighted by atomic mass is 16.5. The highest BCUT2D eigenvalue weighted by molar-refractivity contribution is 5.99. The number of nitrogens with one attached hydrogen (secondary N) is 2. The van der Waals surface area contributed by atoms with Crippen molar-refractivity contribution in [3.8, 4) is 0 Å². The zero-order valence-electron chi connectivity index (χ0n) is 25.6. The van der Waals surface area contributed by atoms with Gasteiger partial charge in [-0.15, -0.1) is 0 Å². The number of nitrogens with two attached hydrogens (primary N) is 1. The maximum absolute atomic E-state index is 12.6. The van der Waals surface area contributed by atoms with Crippen LogP contribution in [0.1, 0.15) is 66.4 Å². The monoisotopic (exact) mass is 556 g/mol. The number of hydrazine groups is 1. The van der Waals surface area contributed by atoms with Gasteiger partial charge < -0.3 is 20.8 Å². The minimum Gasteiger partial charge on any atom is -0.371 e. The molecule has 0 aromatic heterocycles. The number of carbonyl (C=O) groups is 1. The van der Waals surface area contributed by atoms with Gasteiger partial charge in [-0.05, 0) is 81.2 Å². The van der Waals surface area contributed by atoms with Crippen molar-refractivity contribution in [1.82, 2.24) is 10.4 Å². The molecule has 4 rings (SSSR count). The highest BCUT2D eigenvalue weighted by Crippen LogP contribution is 2.40. The molecule has 0 saturated carbocycles. The second-order valence-corrected chi connectivity index (χ2v) is 12.5. The first-order valence-corrected chi connectivity index (χ1v) is 14.9. The number of hydrogen-bond donors (Lipinski definition) is 3. The molecule has 6 heteroatoms. The number of amides is 1. The van der Waals surface area contributed by atoms with Gasteiger partial charge in [0.1, 0.15) is 0 Å². The molecular formula is C35H48N4O2. The van der Waals surface area contributed by atoms with Gasteiger partial charge in [-0.25, -0.2) is 5.43 Å². The van der Waals surface area contributed by atoms with Crippen molar-refractivity contribution in [2.24, 2.45) is 11.1 Å².